The summed E-state index contributed by atoms with van der Waals surface area (Å²) in [5.41, 5.74) is 0. The highest BCUT2D eigenvalue weighted by molar-refractivity contribution is 4.97. The van der Waals surface area contributed by atoms with Gasteiger partial charge >= 0.3 is 0 Å². The molecule has 2 nitrogen and oxygen atoms in total. The molecule has 1 aliphatic carbocycles. The molecule has 1 atom stereocenters. The lowest BCUT2D eigenvalue weighted by molar-refractivity contribution is 0.430. The molecule has 1 aromatic rings. The summed E-state index contributed by atoms with van der Waals surface area (Å²) in [4.78, 5) is 0. The molecule has 1 heterocycles. The van der Waals surface area contributed by atoms with E-state index in [1.54, 1.807) is 6.26 Å². The average molecular weight is 179 g/mol. The Bertz CT molecular complexity index is 239. The van der Waals surface area contributed by atoms with Crippen LogP contribution >= 0.6 is 0 Å². The third-order valence-corrected chi connectivity index (χ3v) is 2.77. The molecule has 1 saturated carbocycles. The van der Waals surface area contributed by atoms with Crippen molar-refractivity contribution in [2.24, 2.45) is 11.8 Å². The van der Waals surface area contributed by atoms with E-state index in [0.29, 0.717) is 0 Å². The van der Waals surface area contributed by atoms with E-state index in [0.717, 1.165) is 30.7 Å². The molecule has 13 heavy (non-hydrogen) atoms. The molecule has 2 rings (SSSR count). The van der Waals surface area contributed by atoms with E-state index in [4.69, 9.17) is 4.42 Å². The summed E-state index contributed by atoms with van der Waals surface area (Å²) in [5.74, 6) is 2.85. The van der Waals surface area contributed by atoms with Gasteiger partial charge in [-0.2, -0.15) is 0 Å². The highest BCUT2D eigenvalue weighted by Crippen LogP contribution is 2.36. The molecule has 0 aliphatic heterocycles. The summed E-state index contributed by atoms with van der Waals surface area (Å²) in [6, 6.07) is 3.94. The SMILES string of the molecule is CC(CNCc1ccco1)C1CC1. The fourth-order valence-electron chi connectivity index (χ4n) is 1.67. The maximum Gasteiger partial charge on any atom is 0.117 e. The van der Waals surface area contributed by atoms with Crippen molar-refractivity contribution in [1.82, 2.24) is 5.32 Å². The minimum atomic E-state index is 0.829. The Kier molecular flexibility index (Phi) is 2.69. The molecular formula is C11H17NO. The summed E-state index contributed by atoms with van der Waals surface area (Å²) in [6.07, 6.45) is 4.59. The summed E-state index contributed by atoms with van der Waals surface area (Å²) in [5, 5.41) is 3.42. The van der Waals surface area contributed by atoms with Gasteiger partial charge in [-0.1, -0.05) is 6.92 Å². The first kappa shape index (κ1) is 8.82. The third kappa shape index (κ3) is 2.59. The van der Waals surface area contributed by atoms with Crippen molar-refractivity contribution in [3.05, 3.63) is 24.2 Å². The van der Waals surface area contributed by atoms with Crippen LogP contribution in [0.2, 0.25) is 0 Å². The van der Waals surface area contributed by atoms with Crippen molar-refractivity contribution in [3.8, 4) is 0 Å². The minimum absolute atomic E-state index is 0.829. The Balaban J connectivity index is 1.63. The first-order valence-corrected chi connectivity index (χ1v) is 5.09. The predicted octanol–water partition coefficient (Wildman–Crippen LogP) is 2.42. The van der Waals surface area contributed by atoms with E-state index < -0.39 is 0 Å². The van der Waals surface area contributed by atoms with Gasteiger partial charge in [0, 0.05) is 0 Å². The molecular weight excluding hydrogens is 162 g/mol. The molecule has 1 N–H and O–H groups in total. The van der Waals surface area contributed by atoms with Gasteiger partial charge in [0.15, 0.2) is 0 Å². The van der Waals surface area contributed by atoms with Crippen molar-refractivity contribution < 1.29 is 4.42 Å². The molecule has 0 aromatic carbocycles. The lowest BCUT2D eigenvalue weighted by Crippen LogP contribution is -2.21. The first-order chi connectivity index (χ1) is 6.36. The second-order valence-electron chi connectivity index (χ2n) is 4.02. The average Bonchev–Trinajstić information content (AvgIpc) is 2.86. The smallest absolute Gasteiger partial charge is 0.117 e. The highest BCUT2D eigenvalue weighted by atomic mass is 16.3. The fourth-order valence-corrected chi connectivity index (χ4v) is 1.67. The third-order valence-electron chi connectivity index (χ3n) is 2.77. The first-order valence-electron chi connectivity index (χ1n) is 5.09. The molecule has 0 bridgehead atoms. The number of hydrogen-bond acceptors (Lipinski definition) is 2. The molecule has 72 valence electrons. The number of rotatable bonds is 5. The molecule has 1 aromatic heterocycles. The van der Waals surface area contributed by atoms with E-state index in [2.05, 4.69) is 12.2 Å². The van der Waals surface area contributed by atoms with Crippen molar-refractivity contribution in [2.45, 2.75) is 26.3 Å². The van der Waals surface area contributed by atoms with Crippen LogP contribution in [0.1, 0.15) is 25.5 Å². The van der Waals surface area contributed by atoms with E-state index in [9.17, 15) is 0 Å². The highest BCUT2D eigenvalue weighted by Gasteiger charge is 2.27. The zero-order valence-corrected chi connectivity index (χ0v) is 8.12. The second kappa shape index (κ2) is 3.97. The standard InChI is InChI=1S/C11H17NO/c1-9(10-4-5-10)7-12-8-11-3-2-6-13-11/h2-3,6,9-10,12H,4-5,7-8H2,1H3. The lowest BCUT2D eigenvalue weighted by Gasteiger charge is -2.09. The molecule has 0 spiro atoms. The van der Waals surface area contributed by atoms with Gasteiger partial charge in [0.25, 0.3) is 0 Å². The number of hydrogen-bond donors (Lipinski definition) is 1. The van der Waals surface area contributed by atoms with E-state index in [-0.39, 0.29) is 0 Å². The van der Waals surface area contributed by atoms with Crippen LogP contribution in [-0.2, 0) is 6.54 Å². The van der Waals surface area contributed by atoms with Gasteiger partial charge in [-0.15, -0.1) is 0 Å². The molecule has 1 aliphatic rings. The van der Waals surface area contributed by atoms with Gasteiger partial charge in [0.1, 0.15) is 5.76 Å². The van der Waals surface area contributed by atoms with Crippen molar-refractivity contribution in [2.75, 3.05) is 6.54 Å². The zero-order chi connectivity index (χ0) is 9.10. The molecule has 2 heteroatoms. The van der Waals surface area contributed by atoms with Gasteiger partial charge in [-0.25, -0.2) is 0 Å². The Hall–Kier alpha value is -0.760. The van der Waals surface area contributed by atoms with Gasteiger partial charge in [-0.05, 0) is 43.4 Å². The lowest BCUT2D eigenvalue weighted by atomic mass is 10.1. The fraction of sp³-hybridized carbons (Fsp3) is 0.636. The van der Waals surface area contributed by atoms with Crippen LogP contribution in [0.15, 0.2) is 22.8 Å². The summed E-state index contributed by atoms with van der Waals surface area (Å²) >= 11 is 0. The number of furan rings is 1. The van der Waals surface area contributed by atoms with Gasteiger partial charge < -0.3 is 9.73 Å². The maximum atomic E-state index is 5.23. The topological polar surface area (TPSA) is 25.2 Å². The molecule has 1 fully saturated rings. The van der Waals surface area contributed by atoms with Crippen LogP contribution in [0.4, 0.5) is 0 Å². The molecule has 0 amide bonds. The van der Waals surface area contributed by atoms with Crippen LogP contribution in [0.25, 0.3) is 0 Å². The van der Waals surface area contributed by atoms with Gasteiger partial charge in [0.05, 0.1) is 12.8 Å². The Labute approximate surface area is 79.3 Å². The van der Waals surface area contributed by atoms with Crippen molar-refractivity contribution in [1.29, 1.82) is 0 Å². The zero-order valence-electron chi connectivity index (χ0n) is 8.12. The Morgan fingerprint density at radius 3 is 3.08 bits per heavy atom. The quantitative estimate of drug-likeness (QED) is 0.751. The summed E-state index contributed by atoms with van der Waals surface area (Å²) in [7, 11) is 0. The van der Waals surface area contributed by atoms with Crippen LogP contribution < -0.4 is 5.32 Å². The van der Waals surface area contributed by atoms with E-state index >= 15 is 0 Å². The Morgan fingerprint density at radius 2 is 2.46 bits per heavy atom. The van der Waals surface area contributed by atoms with Crippen LogP contribution in [-0.4, -0.2) is 6.54 Å². The van der Waals surface area contributed by atoms with E-state index in [1.165, 1.54) is 12.8 Å². The monoisotopic (exact) mass is 179 g/mol. The minimum Gasteiger partial charge on any atom is -0.468 e. The largest absolute Gasteiger partial charge is 0.468 e. The van der Waals surface area contributed by atoms with Gasteiger partial charge in [-0.3, -0.25) is 0 Å². The predicted molar refractivity (Wildman–Crippen MR) is 52.3 cm³/mol. The molecule has 0 saturated heterocycles. The van der Waals surface area contributed by atoms with Crippen molar-refractivity contribution in [3.63, 3.8) is 0 Å². The second-order valence-corrected chi connectivity index (χ2v) is 4.02. The Morgan fingerprint density at radius 1 is 1.62 bits per heavy atom. The van der Waals surface area contributed by atoms with Crippen LogP contribution in [0.5, 0.6) is 0 Å². The summed E-state index contributed by atoms with van der Waals surface area (Å²) < 4.78 is 5.23. The number of nitrogens with one attached hydrogen (secondary N) is 1. The summed E-state index contributed by atoms with van der Waals surface area (Å²) in [6.45, 7) is 4.31. The van der Waals surface area contributed by atoms with Crippen LogP contribution in [0, 0.1) is 11.8 Å². The van der Waals surface area contributed by atoms with Crippen molar-refractivity contribution >= 4 is 0 Å². The van der Waals surface area contributed by atoms with Gasteiger partial charge in [0.2, 0.25) is 0 Å². The van der Waals surface area contributed by atoms with E-state index in [1.807, 2.05) is 12.1 Å². The normalized spacial score (nSPS) is 18.8. The molecule has 0 radical (unpaired) electrons. The van der Waals surface area contributed by atoms with Crippen LogP contribution in [0.3, 0.4) is 0 Å². The maximum absolute atomic E-state index is 5.23. The molecule has 1 unspecified atom stereocenters.